The Morgan fingerprint density at radius 3 is 1.93 bits per heavy atom. The lowest BCUT2D eigenvalue weighted by atomic mass is 10.1. The van der Waals surface area contributed by atoms with Crippen molar-refractivity contribution in [2.75, 3.05) is 6.54 Å². The molecule has 1 aliphatic heterocycles. The van der Waals surface area contributed by atoms with Crippen molar-refractivity contribution in [3.8, 4) is 0 Å². The molecule has 1 aromatic carbocycles. The van der Waals surface area contributed by atoms with Crippen molar-refractivity contribution in [3.05, 3.63) is 35.4 Å². The van der Waals surface area contributed by atoms with Crippen LogP contribution < -0.4 is 5.32 Å². The first-order chi connectivity index (χ1) is 14.2. The van der Waals surface area contributed by atoms with E-state index in [0.717, 1.165) is 44.9 Å². The molecular formula is C24H34N2O3. The summed E-state index contributed by atoms with van der Waals surface area (Å²) in [6.07, 6.45) is 14.2. The van der Waals surface area contributed by atoms with Gasteiger partial charge in [-0.2, -0.15) is 0 Å². The molecule has 0 atom stereocenters. The van der Waals surface area contributed by atoms with Gasteiger partial charge in [-0.3, -0.25) is 19.3 Å². The van der Waals surface area contributed by atoms with Crippen LogP contribution >= 0.6 is 0 Å². The molecule has 0 aromatic heterocycles. The van der Waals surface area contributed by atoms with Crippen LogP contribution in [0.25, 0.3) is 0 Å². The molecule has 29 heavy (non-hydrogen) atoms. The fraction of sp³-hybridized carbons (Fsp3) is 0.625. The highest BCUT2D eigenvalue weighted by Crippen LogP contribution is 2.23. The highest BCUT2D eigenvalue weighted by molar-refractivity contribution is 6.21. The van der Waals surface area contributed by atoms with E-state index in [4.69, 9.17) is 0 Å². The summed E-state index contributed by atoms with van der Waals surface area (Å²) in [5.41, 5.74) is 1.07. The van der Waals surface area contributed by atoms with Gasteiger partial charge in [0.15, 0.2) is 0 Å². The van der Waals surface area contributed by atoms with E-state index in [1.807, 2.05) is 0 Å². The summed E-state index contributed by atoms with van der Waals surface area (Å²) in [6, 6.07) is 7.50. The number of hydrogen-bond acceptors (Lipinski definition) is 3. The predicted octanol–water partition coefficient (Wildman–Crippen LogP) is 4.85. The van der Waals surface area contributed by atoms with Crippen LogP contribution in [-0.2, 0) is 4.79 Å². The molecule has 158 valence electrons. The quantitative estimate of drug-likeness (QED) is 0.404. The summed E-state index contributed by atoms with van der Waals surface area (Å²) in [4.78, 5) is 37.9. The number of carbonyl (C=O) groups is 3. The molecule has 0 bridgehead atoms. The molecule has 0 saturated heterocycles. The van der Waals surface area contributed by atoms with Gasteiger partial charge in [-0.05, 0) is 37.8 Å². The van der Waals surface area contributed by atoms with Gasteiger partial charge in [-0.1, -0.05) is 63.5 Å². The Hall–Kier alpha value is -2.17. The summed E-state index contributed by atoms with van der Waals surface area (Å²) in [7, 11) is 0. The van der Waals surface area contributed by atoms with E-state index < -0.39 is 0 Å². The van der Waals surface area contributed by atoms with Crippen LogP contribution in [0.3, 0.4) is 0 Å². The fourth-order valence-electron chi connectivity index (χ4n) is 4.43. The average molecular weight is 399 g/mol. The zero-order valence-electron chi connectivity index (χ0n) is 17.5. The maximum atomic E-state index is 12.3. The summed E-state index contributed by atoms with van der Waals surface area (Å²) in [6.45, 7) is 0.516. The Morgan fingerprint density at radius 2 is 1.34 bits per heavy atom. The number of nitrogens with zero attached hydrogens (tertiary/aromatic N) is 1. The highest BCUT2D eigenvalue weighted by Gasteiger charge is 2.34. The Morgan fingerprint density at radius 1 is 0.828 bits per heavy atom. The number of rotatable bonds is 12. The molecule has 2 aliphatic rings. The molecule has 1 fully saturated rings. The van der Waals surface area contributed by atoms with E-state index in [0.29, 0.717) is 30.1 Å². The van der Waals surface area contributed by atoms with Crippen LogP contribution in [0.5, 0.6) is 0 Å². The molecule has 0 radical (unpaired) electrons. The Labute approximate surface area is 174 Å². The molecule has 5 nitrogen and oxygen atoms in total. The van der Waals surface area contributed by atoms with Crippen LogP contribution in [0, 0.1) is 0 Å². The lowest BCUT2D eigenvalue weighted by molar-refractivity contribution is -0.121. The summed E-state index contributed by atoms with van der Waals surface area (Å²) < 4.78 is 0. The lowest BCUT2D eigenvalue weighted by Gasteiger charge is -2.13. The van der Waals surface area contributed by atoms with Gasteiger partial charge >= 0.3 is 0 Å². The highest BCUT2D eigenvalue weighted by atomic mass is 16.2. The van der Waals surface area contributed by atoms with Crippen molar-refractivity contribution < 1.29 is 14.4 Å². The standard InChI is InChI=1S/C24H34N2O3/c27-22(25-19-13-8-9-14-19)17-7-5-3-1-2-4-6-12-18-26-23(28)20-15-10-11-16-21(20)24(26)29/h10-11,15-16,19H,1-9,12-14,17-18H2,(H,25,27). The number of imide groups is 1. The number of carbonyl (C=O) groups excluding carboxylic acids is 3. The van der Waals surface area contributed by atoms with E-state index in [1.54, 1.807) is 24.3 Å². The van der Waals surface area contributed by atoms with Crippen molar-refractivity contribution in [2.45, 2.75) is 89.5 Å². The first-order valence-corrected chi connectivity index (χ1v) is 11.4. The average Bonchev–Trinajstić information content (AvgIpc) is 3.31. The Balaban J connectivity index is 1.16. The Kier molecular flexibility index (Phi) is 8.26. The van der Waals surface area contributed by atoms with Gasteiger partial charge in [-0.15, -0.1) is 0 Å². The van der Waals surface area contributed by atoms with Crippen molar-refractivity contribution in [1.82, 2.24) is 10.2 Å². The van der Waals surface area contributed by atoms with Gasteiger partial charge < -0.3 is 5.32 Å². The van der Waals surface area contributed by atoms with Gasteiger partial charge in [-0.25, -0.2) is 0 Å². The minimum atomic E-state index is -0.150. The van der Waals surface area contributed by atoms with Crippen LogP contribution in [0.4, 0.5) is 0 Å². The smallest absolute Gasteiger partial charge is 0.261 e. The number of fused-ring (bicyclic) bond motifs is 1. The van der Waals surface area contributed by atoms with Crippen LogP contribution in [0.1, 0.15) is 104 Å². The zero-order valence-corrected chi connectivity index (χ0v) is 17.5. The van der Waals surface area contributed by atoms with Crippen LogP contribution in [0.15, 0.2) is 24.3 Å². The predicted molar refractivity (Wildman–Crippen MR) is 114 cm³/mol. The van der Waals surface area contributed by atoms with Crippen molar-refractivity contribution in [3.63, 3.8) is 0 Å². The number of amides is 3. The van der Waals surface area contributed by atoms with Gasteiger partial charge in [0.2, 0.25) is 5.91 Å². The van der Waals surface area contributed by atoms with E-state index in [9.17, 15) is 14.4 Å². The van der Waals surface area contributed by atoms with Gasteiger partial charge in [0.05, 0.1) is 11.1 Å². The second-order valence-corrected chi connectivity index (χ2v) is 8.43. The van der Waals surface area contributed by atoms with E-state index in [-0.39, 0.29) is 17.7 Å². The fourth-order valence-corrected chi connectivity index (χ4v) is 4.43. The van der Waals surface area contributed by atoms with E-state index in [2.05, 4.69) is 5.32 Å². The molecule has 1 aromatic rings. The number of nitrogens with one attached hydrogen (secondary N) is 1. The van der Waals surface area contributed by atoms with Crippen molar-refractivity contribution >= 4 is 17.7 Å². The first-order valence-electron chi connectivity index (χ1n) is 11.4. The van der Waals surface area contributed by atoms with Gasteiger partial charge in [0.1, 0.15) is 0 Å². The number of unbranched alkanes of at least 4 members (excludes halogenated alkanes) is 7. The molecule has 5 heteroatoms. The molecule has 0 unspecified atom stereocenters. The third-order valence-corrected chi connectivity index (χ3v) is 6.13. The second-order valence-electron chi connectivity index (χ2n) is 8.43. The largest absolute Gasteiger partial charge is 0.353 e. The third-order valence-electron chi connectivity index (χ3n) is 6.13. The van der Waals surface area contributed by atoms with E-state index in [1.165, 1.54) is 37.0 Å². The lowest BCUT2D eigenvalue weighted by Crippen LogP contribution is -2.32. The van der Waals surface area contributed by atoms with Crippen LogP contribution in [0.2, 0.25) is 0 Å². The number of hydrogen-bond donors (Lipinski definition) is 1. The molecule has 1 N–H and O–H groups in total. The maximum Gasteiger partial charge on any atom is 0.261 e. The molecular weight excluding hydrogens is 364 g/mol. The SMILES string of the molecule is O=C(CCCCCCCCCCN1C(=O)c2ccccc2C1=O)NC1CCCC1. The van der Waals surface area contributed by atoms with Crippen molar-refractivity contribution in [1.29, 1.82) is 0 Å². The minimum absolute atomic E-state index is 0.150. The second kappa shape index (κ2) is 11.1. The molecule has 1 heterocycles. The minimum Gasteiger partial charge on any atom is -0.353 e. The zero-order chi connectivity index (χ0) is 20.5. The first kappa shape index (κ1) is 21.5. The van der Waals surface area contributed by atoms with Crippen molar-refractivity contribution in [2.24, 2.45) is 0 Å². The normalized spacial score (nSPS) is 16.5. The third kappa shape index (κ3) is 6.15. The topological polar surface area (TPSA) is 66.5 Å². The van der Waals surface area contributed by atoms with Gasteiger partial charge in [0.25, 0.3) is 11.8 Å². The van der Waals surface area contributed by atoms with Crippen LogP contribution in [-0.4, -0.2) is 35.2 Å². The monoisotopic (exact) mass is 398 g/mol. The Bertz CT molecular complexity index is 675. The maximum absolute atomic E-state index is 12.3. The summed E-state index contributed by atoms with van der Waals surface area (Å²) in [5.74, 6) is -0.0739. The molecule has 1 saturated carbocycles. The molecule has 3 rings (SSSR count). The molecule has 1 aliphatic carbocycles. The van der Waals surface area contributed by atoms with Gasteiger partial charge in [0, 0.05) is 19.0 Å². The number of benzene rings is 1. The molecule has 0 spiro atoms. The molecule has 3 amide bonds. The summed E-state index contributed by atoms with van der Waals surface area (Å²) >= 11 is 0. The summed E-state index contributed by atoms with van der Waals surface area (Å²) in [5, 5.41) is 3.15. The van der Waals surface area contributed by atoms with E-state index >= 15 is 0 Å².